The number of β-amino-alcohol motifs (C(OH)–C–C–N with tert-alkyl or cyclic N) is 1. The Hall–Kier alpha value is -2.02. The monoisotopic (exact) mass is 268 g/mol. The fourth-order valence-electron chi connectivity index (χ4n) is 2.11. The molecule has 1 aromatic rings. The third-order valence-electron chi connectivity index (χ3n) is 3.08. The number of nitrogens with zero attached hydrogens (tertiary/aromatic N) is 2. The molecule has 1 saturated heterocycles. The van der Waals surface area contributed by atoms with Crippen LogP contribution in [-0.2, 0) is 0 Å². The molecule has 1 aliphatic rings. The van der Waals surface area contributed by atoms with Gasteiger partial charge in [0.15, 0.2) is 0 Å². The van der Waals surface area contributed by atoms with Crippen molar-refractivity contribution in [2.24, 2.45) is 0 Å². The van der Waals surface area contributed by atoms with E-state index in [4.69, 9.17) is 0 Å². The van der Waals surface area contributed by atoms with Crippen LogP contribution in [0.2, 0.25) is 0 Å². The van der Waals surface area contributed by atoms with E-state index >= 15 is 0 Å². The lowest BCUT2D eigenvalue weighted by Gasteiger charge is -2.30. The Morgan fingerprint density at radius 1 is 1.53 bits per heavy atom. The highest BCUT2D eigenvalue weighted by Gasteiger charge is 2.24. The molecule has 0 unspecified atom stereocenters. The van der Waals surface area contributed by atoms with Crippen LogP contribution in [0.15, 0.2) is 18.2 Å². The average Bonchev–Trinajstić information content (AvgIpc) is 2.37. The van der Waals surface area contributed by atoms with Gasteiger partial charge in [-0.2, -0.15) is 4.39 Å². The van der Waals surface area contributed by atoms with Crippen LogP contribution >= 0.6 is 0 Å². The van der Waals surface area contributed by atoms with Crippen molar-refractivity contribution in [3.63, 3.8) is 0 Å². The van der Waals surface area contributed by atoms with Gasteiger partial charge in [0.25, 0.3) is 5.91 Å². The van der Waals surface area contributed by atoms with Crippen molar-refractivity contribution in [1.82, 2.24) is 4.90 Å². The van der Waals surface area contributed by atoms with Crippen molar-refractivity contribution in [3.05, 3.63) is 39.7 Å². The molecule has 1 N–H and O–H groups in total. The Labute approximate surface area is 108 Å². The molecule has 1 atom stereocenters. The van der Waals surface area contributed by atoms with Gasteiger partial charge in [0.05, 0.1) is 11.0 Å². The van der Waals surface area contributed by atoms with Gasteiger partial charge in [0, 0.05) is 24.7 Å². The van der Waals surface area contributed by atoms with Gasteiger partial charge in [-0.15, -0.1) is 0 Å². The lowest BCUT2D eigenvalue weighted by atomic mass is 10.1. The fourth-order valence-corrected chi connectivity index (χ4v) is 2.11. The van der Waals surface area contributed by atoms with E-state index in [9.17, 15) is 24.4 Å². The minimum absolute atomic E-state index is 0.0530. The summed E-state index contributed by atoms with van der Waals surface area (Å²) >= 11 is 0. The summed E-state index contributed by atoms with van der Waals surface area (Å²) in [4.78, 5) is 23.1. The van der Waals surface area contributed by atoms with Crippen molar-refractivity contribution in [2.75, 3.05) is 13.1 Å². The Bertz CT molecular complexity index is 520. The smallest absolute Gasteiger partial charge is 0.304 e. The number of likely N-dealkylation sites (tertiary alicyclic amines) is 1. The van der Waals surface area contributed by atoms with Gasteiger partial charge in [0.1, 0.15) is 0 Å². The summed E-state index contributed by atoms with van der Waals surface area (Å²) in [7, 11) is 0. The number of rotatable bonds is 2. The lowest BCUT2D eigenvalue weighted by molar-refractivity contribution is -0.387. The van der Waals surface area contributed by atoms with Crippen molar-refractivity contribution in [2.45, 2.75) is 18.9 Å². The number of hydrogen-bond acceptors (Lipinski definition) is 4. The third-order valence-corrected chi connectivity index (χ3v) is 3.08. The van der Waals surface area contributed by atoms with Crippen LogP contribution in [0.5, 0.6) is 0 Å². The summed E-state index contributed by atoms with van der Waals surface area (Å²) < 4.78 is 13.4. The lowest BCUT2D eigenvalue weighted by Crippen LogP contribution is -2.42. The van der Waals surface area contributed by atoms with Gasteiger partial charge in [-0.3, -0.25) is 14.9 Å². The third kappa shape index (κ3) is 2.87. The summed E-state index contributed by atoms with van der Waals surface area (Å²) in [6, 6.07) is 3.06. The number of aliphatic hydroxyl groups is 1. The minimum atomic E-state index is -1.03. The maximum atomic E-state index is 13.4. The number of nitro benzene ring substituents is 1. The molecule has 1 aromatic carbocycles. The van der Waals surface area contributed by atoms with Gasteiger partial charge in [-0.05, 0) is 25.0 Å². The summed E-state index contributed by atoms with van der Waals surface area (Å²) in [5, 5.41) is 20.0. The summed E-state index contributed by atoms with van der Waals surface area (Å²) in [5.41, 5.74) is -0.604. The van der Waals surface area contributed by atoms with Gasteiger partial charge < -0.3 is 10.0 Å². The summed E-state index contributed by atoms with van der Waals surface area (Å²) in [6.45, 7) is 0.700. The van der Waals surface area contributed by atoms with Gasteiger partial charge in [-0.25, -0.2) is 0 Å². The fraction of sp³-hybridized carbons (Fsp3) is 0.417. The molecule has 2 rings (SSSR count). The highest BCUT2D eigenvalue weighted by Crippen LogP contribution is 2.20. The van der Waals surface area contributed by atoms with Crippen LogP contribution < -0.4 is 0 Å². The van der Waals surface area contributed by atoms with Crippen molar-refractivity contribution in [3.8, 4) is 0 Å². The summed E-state index contributed by atoms with van der Waals surface area (Å²) in [5.74, 6) is -1.46. The van der Waals surface area contributed by atoms with E-state index in [0.29, 0.717) is 19.4 Å². The first-order valence-corrected chi connectivity index (χ1v) is 5.90. The second kappa shape index (κ2) is 5.31. The molecular formula is C12H13FN2O4. The van der Waals surface area contributed by atoms with Crippen molar-refractivity contribution < 1.29 is 19.2 Å². The first kappa shape index (κ1) is 13.4. The average molecular weight is 268 g/mol. The van der Waals surface area contributed by atoms with Crippen LogP contribution in [0.1, 0.15) is 23.2 Å². The zero-order valence-electron chi connectivity index (χ0n) is 10.1. The Balaban J connectivity index is 2.19. The standard InChI is InChI=1S/C12H13FN2O4/c13-10-6-8(3-4-11(10)15(18)19)12(17)14-5-1-2-9(16)7-14/h3-4,6,9,16H,1-2,5,7H2/t9-/m0/s1. The maximum absolute atomic E-state index is 13.4. The van der Waals surface area contributed by atoms with E-state index in [1.807, 2.05) is 0 Å². The first-order chi connectivity index (χ1) is 8.99. The Morgan fingerprint density at radius 2 is 2.26 bits per heavy atom. The van der Waals surface area contributed by atoms with Crippen LogP contribution in [0.25, 0.3) is 0 Å². The van der Waals surface area contributed by atoms with Crippen molar-refractivity contribution in [1.29, 1.82) is 0 Å². The highest BCUT2D eigenvalue weighted by atomic mass is 19.1. The molecule has 1 fully saturated rings. The second-order valence-electron chi connectivity index (χ2n) is 4.47. The van der Waals surface area contributed by atoms with Crippen molar-refractivity contribution >= 4 is 11.6 Å². The van der Waals surface area contributed by atoms with E-state index in [1.54, 1.807) is 0 Å². The number of hydrogen-bond donors (Lipinski definition) is 1. The van der Waals surface area contributed by atoms with Gasteiger partial charge >= 0.3 is 5.69 Å². The predicted molar refractivity (Wildman–Crippen MR) is 64.2 cm³/mol. The first-order valence-electron chi connectivity index (χ1n) is 5.90. The molecule has 0 spiro atoms. The molecular weight excluding hydrogens is 255 g/mol. The van der Waals surface area contributed by atoms with E-state index in [0.717, 1.165) is 12.1 Å². The number of piperidine rings is 1. The molecule has 1 amide bonds. The predicted octanol–water partition coefficient (Wildman–Crippen LogP) is 1.33. The Kier molecular flexibility index (Phi) is 3.75. The largest absolute Gasteiger partial charge is 0.391 e. The molecule has 0 aliphatic carbocycles. The van der Waals surface area contributed by atoms with E-state index in [1.165, 1.54) is 11.0 Å². The molecule has 0 aromatic heterocycles. The normalized spacial score (nSPS) is 19.3. The Morgan fingerprint density at radius 3 is 2.84 bits per heavy atom. The van der Waals surface area contributed by atoms with Crippen LogP contribution in [0.3, 0.4) is 0 Å². The maximum Gasteiger partial charge on any atom is 0.304 e. The molecule has 0 bridgehead atoms. The molecule has 7 heteroatoms. The molecule has 0 saturated carbocycles. The number of nitro groups is 1. The van der Waals surface area contributed by atoms with E-state index < -0.39 is 28.4 Å². The highest BCUT2D eigenvalue weighted by molar-refractivity contribution is 5.94. The van der Waals surface area contributed by atoms with Gasteiger partial charge in [-0.1, -0.05) is 0 Å². The number of amides is 1. The zero-order chi connectivity index (χ0) is 14.0. The van der Waals surface area contributed by atoms with Gasteiger partial charge in [0.2, 0.25) is 5.82 Å². The quantitative estimate of drug-likeness (QED) is 0.648. The topological polar surface area (TPSA) is 83.7 Å². The molecule has 102 valence electrons. The van der Waals surface area contributed by atoms with E-state index in [-0.39, 0.29) is 12.1 Å². The molecule has 1 aliphatic heterocycles. The number of aliphatic hydroxyl groups excluding tert-OH is 1. The van der Waals surface area contributed by atoms with Crippen LogP contribution in [0, 0.1) is 15.9 Å². The number of carbonyl (C=O) groups excluding carboxylic acids is 1. The zero-order valence-corrected chi connectivity index (χ0v) is 10.1. The number of benzene rings is 1. The number of carbonyl (C=O) groups is 1. The molecule has 6 nitrogen and oxygen atoms in total. The second-order valence-corrected chi connectivity index (χ2v) is 4.47. The van der Waals surface area contributed by atoms with Crippen LogP contribution in [0.4, 0.5) is 10.1 Å². The molecule has 0 radical (unpaired) electrons. The van der Waals surface area contributed by atoms with Crippen LogP contribution in [-0.4, -0.2) is 40.0 Å². The SMILES string of the molecule is O=C(c1ccc([N+](=O)[O-])c(F)c1)N1CCC[C@H](O)C1. The number of halogens is 1. The molecule has 1 heterocycles. The van der Waals surface area contributed by atoms with E-state index in [2.05, 4.69) is 0 Å². The summed E-state index contributed by atoms with van der Waals surface area (Å²) in [6.07, 6.45) is 0.751. The minimum Gasteiger partial charge on any atom is -0.391 e. The molecule has 19 heavy (non-hydrogen) atoms.